The number of carbonyl (C=O) groups is 1. The van der Waals surface area contributed by atoms with Crippen LogP contribution in [0.2, 0.25) is 0 Å². The first-order chi connectivity index (χ1) is 8.31. The van der Waals surface area contributed by atoms with Gasteiger partial charge in [-0.2, -0.15) is 0 Å². The predicted molar refractivity (Wildman–Crippen MR) is 67.1 cm³/mol. The van der Waals surface area contributed by atoms with Crippen LogP contribution >= 0.6 is 0 Å². The third-order valence-electron chi connectivity index (χ3n) is 3.09. The minimum Gasteiger partial charge on any atom is -0.494 e. The first-order valence-electron chi connectivity index (χ1n) is 6.29. The van der Waals surface area contributed by atoms with Crippen LogP contribution in [0.4, 0.5) is 0 Å². The minimum atomic E-state index is 0.266. The number of aryl methyl sites for hydroxylation is 1. The number of hydrogen-bond acceptors (Lipinski definition) is 2. The maximum absolute atomic E-state index is 11.8. The maximum Gasteiger partial charge on any atom is 0.222 e. The summed E-state index contributed by atoms with van der Waals surface area (Å²) in [6.07, 6.45) is 2.51. The molecule has 0 saturated carbocycles. The van der Waals surface area contributed by atoms with E-state index in [1.807, 2.05) is 36.1 Å². The second-order valence-corrected chi connectivity index (χ2v) is 4.28. The summed E-state index contributed by atoms with van der Waals surface area (Å²) >= 11 is 0. The van der Waals surface area contributed by atoms with E-state index in [1.165, 1.54) is 0 Å². The van der Waals surface area contributed by atoms with Gasteiger partial charge in [0.15, 0.2) is 0 Å². The Labute approximate surface area is 102 Å². The van der Waals surface area contributed by atoms with Crippen LogP contribution in [0.15, 0.2) is 24.3 Å². The highest BCUT2D eigenvalue weighted by Gasteiger charge is 2.19. The van der Waals surface area contributed by atoms with E-state index in [1.54, 1.807) is 0 Å². The van der Waals surface area contributed by atoms with Crippen molar-refractivity contribution in [3.05, 3.63) is 29.8 Å². The molecule has 1 amide bonds. The smallest absolute Gasteiger partial charge is 0.222 e. The third kappa shape index (κ3) is 2.99. The van der Waals surface area contributed by atoms with Gasteiger partial charge in [-0.05, 0) is 31.4 Å². The number of benzene rings is 1. The molecule has 1 aromatic carbocycles. The molecule has 0 bridgehead atoms. The Hall–Kier alpha value is -1.51. The summed E-state index contributed by atoms with van der Waals surface area (Å²) in [5.74, 6) is 1.17. The zero-order valence-corrected chi connectivity index (χ0v) is 10.3. The van der Waals surface area contributed by atoms with Gasteiger partial charge >= 0.3 is 0 Å². The van der Waals surface area contributed by atoms with Crippen LogP contribution in [0.3, 0.4) is 0 Å². The molecule has 2 rings (SSSR count). The Bertz CT molecular complexity index is 386. The fourth-order valence-electron chi connectivity index (χ4n) is 1.97. The Kier molecular flexibility index (Phi) is 4.02. The molecular weight excluding hydrogens is 214 g/mol. The van der Waals surface area contributed by atoms with Gasteiger partial charge in [-0.1, -0.05) is 18.2 Å². The Morgan fingerprint density at radius 2 is 2.12 bits per heavy atom. The first kappa shape index (κ1) is 12.0. The molecule has 0 aliphatic carbocycles. The minimum absolute atomic E-state index is 0.266. The van der Waals surface area contributed by atoms with Crippen molar-refractivity contribution in [3.63, 3.8) is 0 Å². The van der Waals surface area contributed by atoms with Gasteiger partial charge in [-0.25, -0.2) is 0 Å². The van der Waals surface area contributed by atoms with Crippen LogP contribution in [-0.2, 0) is 11.2 Å². The SMILES string of the molecule is CCOc1ccccc1CCC(=O)N1CCC1. The molecule has 1 aromatic rings. The predicted octanol–water partition coefficient (Wildman–Crippen LogP) is 2.25. The third-order valence-corrected chi connectivity index (χ3v) is 3.09. The Balaban J connectivity index is 1.91. The zero-order chi connectivity index (χ0) is 12.1. The lowest BCUT2D eigenvalue weighted by atomic mass is 10.1. The molecule has 0 atom stereocenters. The number of amides is 1. The van der Waals surface area contributed by atoms with Crippen molar-refractivity contribution in [2.45, 2.75) is 26.2 Å². The second-order valence-electron chi connectivity index (χ2n) is 4.28. The number of likely N-dealkylation sites (tertiary alicyclic amines) is 1. The molecule has 3 heteroatoms. The monoisotopic (exact) mass is 233 g/mol. The van der Waals surface area contributed by atoms with E-state index in [9.17, 15) is 4.79 Å². The summed E-state index contributed by atoms with van der Waals surface area (Å²) in [4.78, 5) is 13.7. The van der Waals surface area contributed by atoms with E-state index in [4.69, 9.17) is 4.74 Å². The van der Waals surface area contributed by atoms with Crippen molar-refractivity contribution in [1.82, 2.24) is 4.90 Å². The molecular formula is C14H19NO2. The molecule has 0 radical (unpaired) electrons. The van der Waals surface area contributed by atoms with Crippen molar-refractivity contribution in [2.24, 2.45) is 0 Å². The van der Waals surface area contributed by atoms with Gasteiger partial charge < -0.3 is 9.64 Å². The highest BCUT2D eigenvalue weighted by molar-refractivity contribution is 5.77. The van der Waals surface area contributed by atoms with E-state index in [0.29, 0.717) is 13.0 Å². The quantitative estimate of drug-likeness (QED) is 0.780. The fourth-order valence-corrected chi connectivity index (χ4v) is 1.97. The number of hydrogen-bond donors (Lipinski definition) is 0. The van der Waals surface area contributed by atoms with Gasteiger partial charge in [0, 0.05) is 19.5 Å². The molecule has 0 spiro atoms. The van der Waals surface area contributed by atoms with Crippen LogP contribution in [-0.4, -0.2) is 30.5 Å². The summed E-state index contributed by atoms with van der Waals surface area (Å²) in [5, 5.41) is 0. The van der Waals surface area contributed by atoms with Crippen molar-refractivity contribution in [1.29, 1.82) is 0 Å². The van der Waals surface area contributed by atoms with Crippen molar-refractivity contribution < 1.29 is 9.53 Å². The van der Waals surface area contributed by atoms with Gasteiger partial charge in [0.1, 0.15) is 5.75 Å². The number of para-hydroxylation sites is 1. The number of rotatable bonds is 5. The van der Waals surface area contributed by atoms with Crippen molar-refractivity contribution in [3.8, 4) is 5.75 Å². The second kappa shape index (κ2) is 5.71. The molecule has 1 fully saturated rings. The molecule has 0 N–H and O–H groups in total. The average molecular weight is 233 g/mol. The lowest BCUT2D eigenvalue weighted by Crippen LogP contribution is -2.42. The largest absolute Gasteiger partial charge is 0.494 e. The molecule has 1 aliphatic rings. The molecule has 1 saturated heterocycles. The van der Waals surface area contributed by atoms with Gasteiger partial charge in [0.2, 0.25) is 5.91 Å². The van der Waals surface area contributed by atoms with Gasteiger partial charge in [-0.3, -0.25) is 4.79 Å². The van der Waals surface area contributed by atoms with E-state index in [2.05, 4.69) is 0 Å². The maximum atomic E-state index is 11.8. The van der Waals surface area contributed by atoms with Crippen molar-refractivity contribution in [2.75, 3.05) is 19.7 Å². The first-order valence-corrected chi connectivity index (χ1v) is 6.29. The molecule has 92 valence electrons. The molecule has 1 heterocycles. The highest BCUT2D eigenvalue weighted by atomic mass is 16.5. The van der Waals surface area contributed by atoms with E-state index in [0.717, 1.165) is 37.2 Å². The number of carbonyl (C=O) groups excluding carboxylic acids is 1. The summed E-state index contributed by atoms with van der Waals surface area (Å²) in [7, 11) is 0. The lowest BCUT2D eigenvalue weighted by Gasteiger charge is -2.31. The van der Waals surface area contributed by atoms with Gasteiger partial charge in [0.05, 0.1) is 6.61 Å². The van der Waals surface area contributed by atoms with E-state index < -0.39 is 0 Å². The summed E-state index contributed by atoms with van der Waals surface area (Å²) in [6, 6.07) is 7.96. The fraction of sp³-hybridized carbons (Fsp3) is 0.500. The lowest BCUT2D eigenvalue weighted by molar-refractivity contribution is -0.134. The Morgan fingerprint density at radius 3 is 2.76 bits per heavy atom. The summed E-state index contributed by atoms with van der Waals surface area (Å²) in [5.41, 5.74) is 1.13. The topological polar surface area (TPSA) is 29.5 Å². The summed E-state index contributed by atoms with van der Waals surface area (Å²) in [6.45, 7) is 4.51. The van der Waals surface area contributed by atoms with Crippen LogP contribution < -0.4 is 4.74 Å². The van der Waals surface area contributed by atoms with Crippen molar-refractivity contribution >= 4 is 5.91 Å². The average Bonchev–Trinajstić information content (AvgIpc) is 2.26. The van der Waals surface area contributed by atoms with Crippen LogP contribution in [0.1, 0.15) is 25.3 Å². The zero-order valence-electron chi connectivity index (χ0n) is 10.3. The normalized spacial score (nSPS) is 14.3. The summed E-state index contributed by atoms with van der Waals surface area (Å²) < 4.78 is 5.55. The molecule has 0 unspecified atom stereocenters. The Morgan fingerprint density at radius 1 is 1.35 bits per heavy atom. The molecule has 17 heavy (non-hydrogen) atoms. The van der Waals surface area contributed by atoms with Crippen LogP contribution in [0.25, 0.3) is 0 Å². The van der Waals surface area contributed by atoms with Gasteiger partial charge in [-0.15, -0.1) is 0 Å². The number of ether oxygens (including phenoxy) is 1. The van der Waals surface area contributed by atoms with Gasteiger partial charge in [0.25, 0.3) is 0 Å². The molecule has 3 nitrogen and oxygen atoms in total. The molecule has 1 aliphatic heterocycles. The van der Waals surface area contributed by atoms with E-state index >= 15 is 0 Å². The van der Waals surface area contributed by atoms with Crippen LogP contribution in [0, 0.1) is 0 Å². The number of nitrogens with zero attached hydrogens (tertiary/aromatic N) is 1. The van der Waals surface area contributed by atoms with Crippen LogP contribution in [0.5, 0.6) is 5.75 Å². The molecule has 0 aromatic heterocycles. The van der Waals surface area contributed by atoms with E-state index in [-0.39, 0.29) is 5.91 Å². The standard InChI is InChI=1S/C14H19NO2/c1-2-17-13-7-4-3-6-12(13)8-9-14(16)15-10-5-11-15/h3-4,6-7H,2,5,8-11H2,1H3. The highest BCUT2D eigenvalue weighted by Crippen LogP contribution is 2.20.